The minimum Gasteiger partial charge on any atom is -0.307 e. The average molecular weight is 512 g/mol. The minimum absolute atomic E-state index is 0.379. The number of fused-ring (bicyclic) bond motifs is 3. The molecular formula is C28H29N7OS. The standard InChI is InChI=1S/C28H29N7OS/c1-34-11-13-35(14-12-34)18-19-7-9-23-20(15-19)16-24-26(23)31-32-27(24)25-10-8-22(37-25)17-29-33-28(36)30-21-5-3-2-4-6-21/h2-10,15,17H,11-14,16,18H2,1H3,(H,31,32)(H2,30,33,36). The minimum atomic E-state index is -0.379. The molecule has 2 aromatic carbocycles. The first-order chi connectivity index (χ1) is 18.1. The highest BCUT2D eigenvalue weighted by atomic mass is 32.1. The Morgan fingerprint density at radius 3 is 2.78 bits per heavy atom. The Balaban J connectivity index is 1.10. The summed E-state index contributed by atoms with van der Waals surface area (Å²) in [6.45, 7) is 5.51. The number of aromatic amines is 1. The molecule has 0 unspecified atom stereocenters. The molecule has 37 heavy (non-hydrogen) atoms. The zero-order valence-corrected chi connectivity index (χ0v) is 21.5. The van der Waals surface area contributed by atoms with Gasteiger partial charge in [-0.05, 0) is 42.4 Å². The van der Waals surface area contributed by atoms with Gasteiger partial charge in [-0.1, -0.05) is 36.4 Å². The number of H-pyrrole nitrogens is 1. The Labute approximate surface area is 220 Å². The van der Waals surface area contributed by atoms with Crippen LogP contribution in [0.25, 0.3) is 21.8 Å². The van der Waals surface area contributed by atoms with Crippen molar-refractivity contribution in [2.45, 2.75) is 13.0 Å². The zero-order valence-electron chi connectivity index (χ0n) is 20.7. The summed E-state index contributed by atoms with van der Waals surface area (Å²) in [5.41, 5.74) is 10.5. The van der Waals surface area contributed by atoms with E-state index >= 15 is 0 Å². The van der Waals surface area contributed by atoms with Crippen molar-refractivity contribution in [1.29, 1.82) is 0 Å². The van der Waals surface area contributed by atoms with E-state index in [2.05, 4.69) is 67.2 Å². The van der Waals surface area contributed by atoms with Crippen LogP contribution < -0.4 is 10.7 Å². The average Bonchev–Trinajstić information content (AvgIpc) is 3.61. The van der Waals surface area contributed by atoms with Crippen LogP contribution in [0.3, 0.4) is 0 Å². The van der Waals surface area contributed by atoms with Gasteiger partial charge in [0, 0.05) is 60.8 Å². The maximum atomic E-state index is 12.0. The third-order valence-electron chi connectivity index (χ3n) is 6.92. The number of nitrogens with one attached hydrogen (secondary N) is 3. The van der Waals surface area contributed by atoms with Crippen molar-refractivity contribution in [1.82, 2.24) is 25.4 Å². The van der Waals surface area contributed by atoms with Gasteiger partial charge in [0.1, 0.15) is 0 Å². The van der Waals surface area contributed by atoms with Crippen LogP contribution in [0.5, 0.6) is 0 Å². The molecule has 0 spiro atoms. The third kappa shape index (κ3) is 5.20. The molecular weight excluding hydrogens is 482 g/mol. The van der Waals surface area contributed by atoms with Crippen molar-refractivity contribution >= 4 is 29.3 Å². The van der Waals surface area contributed by atoms with Crippen LogP contribution in [0.4, 0.5) is 10.5 Å². The molecule has 3 heterocycles. The van der Waals surface area contributed by atoms with E-state index in [1.807, 2.05) is 36.4 Å². The molecule has 4 aromatic rings. The van der Waals surface area contributed by atoms with E-state index < -0.39 is 0 Å². The van der Waals surface area contributed by atoms with Gasteiger partial charge in [-0.3, -0.25) is 10.00 Å². The van der Waals surface area contributed by atoms with Gasteiger partial charge in [0.05, 0.1) is 22.5 Å². The lowest BCUT2D eigenvalue weighted by molar-refractivity contribution is 0.148. The molecule has 2 aromatic heterocycles. The summed E-state index contributed by atoms with van der Waals surface area (Å²) in [5.74, 6) is 0. The number of hydrazone groups is 1. The first kappa shape index (κ1) is 23.6. The number of hydrogen-bond acceptors (Lipinski definition) is 6. The van der Waals surface area contributed by atoms with Gasteiger partial charge in [-0.25, -0.2) is 10.2 Å². The second-order valence-electron chi connectivity index (χ2n) is 9.57. The highest BCUT2D eigenvalue weighted by Crippen LogP contribution is 2.41. The number of para-hydroxylation sites is 1. The fraction of sp³-hybridized carbons (Fsp3) is 0.250. The van der Waals surface area contributed by atoms with Gasteiger partial charge < -0.3 is 10.2 Å². The quantitative estimate of drug-likeness (QED) is 0.229. The predicted molar refractivity (Wildman–Crippen MR) is 149 cm³/mol. The summed E-state index contributed by atoms with van der Waals surface area (Å²) in [5, 5.41) is 14.8. The number of benzene rings is 2. The third-order valence-corrected chi connectivity index (χ3v) is 7.96. The first-order valence-corrected chi connectivity index (χ1v) is 13.3. The molecule has 1 aliphatic carbocycles. The molecule has 9 heteroatoms. The van der Waals surface area contributed by atoms with Gasteiger partial charge in [0.2, 0.25) is 0 Å². The fourth-order valence-corrected chi connectivity index (χ4v) is 5.84. The summed E-state index contributed by atoms with van der Waals surface area (Å²) >= 11 is 1.61. The molecule has 2 aliphatic rings. The van der Waals surface area contributed by atoms with Gasteiger partial charge >= 0.3 is 6.03 Å². The second kappa shape index (κ2) is 10.3. The van der Waals surface area contributed by atoms with Crippen LogP contribution in [0.1, 0.15) is 21.6 Å². The predicted octanol–water partition coefficient (Wildman–Crippen LogP) is 4.61. The number of hydrogen-bond donors (Lipinski definition) is 3. The summed E-state index contributed by atoms with van der Waals surface area (Å²) < 4.78 is 0. The number of thiophene rings is 1. The van der Waals surface area contributed by atoms with Crippen LogP contribution in [-0.4, -0.2) is 65.5 Å². The molecule has 0 bridgehead atoms. The Bertz CT molecular complexity index is 1430. The second-order valence-corrected chi connectivity index (χ2v) is 10.7. The number of nitrogens with zero attached hydrogens (tertiary/aromatic N) is 4. The van der Waals surface area contributed by atoms with Gasteiger partial charge in [-0.2, -0.15) is 10.2 Å². The van der Waals surface area contributed by atoms with Crippen LogP contribution in [0, 0.1) is 0 Å². The fourth-order valence-electron chi connectivity index (χ4n) is 4.93. The molecule has 0 radical (unpaired) electrons. The van der Waals surface area contributed by atoms with Crippen molar-refractivity contribution in [3.8, 4) is 21.8 Å². The van der Waals surface area contributed by atoms with E-state index in [4.69, 9.17) is 0 Å². The molecule has 0 saturated carbocycles. The van der Waals surface area contributed by atoms with Crippen molar-refractivity contribution in [3.63, 3.8) is 0 Å². The molecule has 188 valence electrons. The number of likely N-dealkylation sites (N-methyl/N-ethyl adjacent to an activating group) is 1. The Hall–Kier alpha value is -3.79. The molecule has 1 fully saturated rings. The van der Waals surface area contributed by atoms with Crippen LogP contribution in [0.15, 0.2) is 65.8 Å². The first-order valence-electron chi connectivity index (χ1n) is 12.5. The summed E-state index contributed by atoms with van der Waals surface area (Å²) in [6, 6.07) is 19.8. The van der Waals surface area contributed by atoms with E-state index in [-0.39, 0.29) is 6.03 Å². The van der Waals surface area contributed by atoms with E-state index in [0.29, 0.717) is 5.69 Å². The summed E-state index contributed by atoms with van der Waals surface area (Å²) in [7, 11) is 2.19. The number of aromatic nitrogens is 2. The topological polar surface area (TPSA) is 88.7 Å². The number of carbonyl (C=O) groups is 1. The van der Waals surface area contributed by atoms with Crippen LogP contribution in [0.2, 0.25) is 0 Å². The zero-order chi connectivity index (χ0) is 25.2. The molecule has 0 atom stereocenters. The maximum Gasteiger partial charge on any atom is 0.339 e. The highest BCUT2D eigenvalue weighted by molar-refractivity contribution is 7.17. The number of rotatable bonds is 6. The maximum absolute atomic E-state index is 12.0. The molecule has 1 saturated heterocycles. The largest absolute Gasteiger partial charge is 0.339 e. The number of carbonyl (C=O) groups excluding carboxylic acids is 1. The van der Waals surface area contributed by atoms with Crippen molar-refractivity contribution < 1.29 is 4.79 Å². The van der Waals surface area contributed by atoms with E-state index in [0.717, 1.165) is 60.3 Å². The number of urea groups is 1. The monoisotopic (exact) mass is 511 g/mol. The van der Waals surface area contributed by atoms with Crippen molar-refractivity contribution in [2.24, 2.45) is 5.10 Å². The molecule has 8 nitrogen and oxygen atoms in total. The lowest BCUT2D eigenvalue weighted by atomic mass is 10.0. The van der Waals surface area contributed by atoms with Crippen molar-refractivity contribution in [2.75, 3.05) is 38.5 Å². The normalized spacial score (nSPS) is 15.6. The molecule has 1 aliphatic heterocycles. The van der Waals surface area contributed by atoms with Gasteiger partial charge in [0.25, 0.3) is 0 Å². The van der Waals surface area contributed by atoms with Gasteiger partial charge in [0.15, 0.2) is 0 Å². The molecule has 6 rings (SSSR count). The van der Waals surface area contributed by atoms with E-state index in [9.17, 15) is 4.79 Å². The lowest BCUT2D eigenvalue weighted by Crippen LogP contribution is -2.43. The summed E-state index contributed by atoms with van der Waals surface area (Å²) in [4.78, 5) is 19.0. The number of piperazine rings is 1. The van der Waals surface area contributed by atoms with Crippen LogP contribution in [-0.2, 0) is 13.0 Å². The SMILES string of the molecule is CN1CCN(Cc2ccc3c(c2)Cc2c-3n[nH]c2-c2ccc(C=NNC(=O)Nc3ccccc3)s2)CC1. The van der Waals surface area contributed by atoms with Crippen molar-refractivity contribution in [3.05, 3.63) is 82.2 Å². The number of anilines is 1. The Morgan fingerprint density at radius 2 is 1.95 bits per heavy atom. The molecule has 3 N–H and O–H groups in total. The Kier molecular flexibility index (Phi) is 6.57. The Morgan fingerprint density at radius 1 is 1.11 bits per heavy atom. The molecule has 2 amide bonds. The highest BCUT2D eigenvalue weighted by Gasteiger charge is 2.26. The summed E-state index contributed by atoms with van der Waals surface area (Å²) in [6.07, 6.45) is 2.55. The van der Waals surface area contributed by atoms with Crippen LogP contribution >= 0.6 is 11.3 Å². The lowest BCUT2D eigenvalue weighted by Gasteiger charge is -2.32. The van der Waals surface area contributed by atoms with E-state index in [1.54, 1.807) is 17.6 Å². The smallest absolute Gasteiger partial charge is 0.307 e. The van der Waals surface area contributed by atoms with E-state index in [1.165, 1.54) is 22.3 Å². The van der Waals surface area contributed by atoms with Gasteiger partial charge in [-0.15, -0.1) is 11.3 Å². The number of amides is 2.